The van der Waals surface area contributed by atoms with E-state index in [-0.39, 0.29) is 6.54 Å². The van der Waals surface area contributed by atoms with E-state index < -0.39 is 5.97 Å². The van der Waals surface area contributed by atoms with Gasteiger partial charge in [-0.25, -0.2) is 14.6 Å². The molecule has 0 aliphatic rings. The van der Waals surface area contributed by atoms with Gasteiger partial charge in [0.1, 0.15) is 18.7 Å². The number of anilines is 1. The molecule has 0 saturated carbocycles. The molecule has 0 amide bonds. The molecule has 0 unspecified atom stereocenters. The lowest BCUT2D eigenvalue weighted by atomic mass is 10.4. The van der Waals surface area contributed by atoms with E-state index in [1.165, 1.54) is 17.2 Å². The van der Waals surface area contributed by atoms with Crippen molar-refractivity contribution < 1.29 is 9.90 Å². The number of aliphatic carboxylic acids is 1. The lowest BCUT2D eigenvalue weighted by molar-refractivity contribution is -0.137. The maximum Gasteiger partial charge on any atom is 0.325 e. The fraction of sp³-hybridized carbons (Fsp3) is 0.143. The number of nitrogens with two attached hydrogens (primary N) is 1. The Bertz CT molecular complexity index is 492. The first-order valence-electron chi connectivity index (χ1n) is 3.82. The van der Waals surface area contributed by atoms with Gasteiger partial charge in [-0.05, 0) is 0 Å². The number of carbonyl (C=O) groups is 1. The maximum absolute atomic E-state index is 10.5. The third-order valence-electron chi connectivity index (χ3n) is 1.75. The molecule has 2 heterocycles. The van der Waals surface area contributed by atoms with Gasteiger partial charge >= 0.3 is 5.97 Å². The molecule has 0 saturated heterocycles. The topological polar surface area (TPSA) is 107 Å². The van der Waals surface area contributed by atoms with E-state index >= 15 is 0 Å². The van der Waals surface area contributed by atoms with Gasteiger partial charge in [0.25, 0.3) is 0 Å². The van der Waals surface area contributed by atoms with Crippen molar-refractivity contribution in [2.24, 2.45) is 0 Å². The summed E-state index contributed by atoms with van der Waals surface area (Å²) in [5, 5.41) is 13.0. The highest BCUT2D eigenvalue weighted by Crippen LogP contribution is 2.14. The average Bonchev–Trinajstić information content (AvgIpc) is 2.49. The van der Waals surface area contributed by atoms with Gasteiger partial charge in [0.05, 0.1) is 11.6 Å². The molecule has 3 N–H and O–H groups in total. The van der Waals surface area contributed by atoms with Gasteiger partial charge in [0.15, 0.2) is 5.65 Å². The van der Waals surface area contributed by atoms with Crippen LogP contribution in [-0.2, 0) is 11.3 Å². The Labute approximate surface area is 78.2 Å². The molecule has 0 fully saturated rings. The van der Waals surface area contributed by atoms with E-state index in [1.807, 2.05) is 0 Å². The highest BCUT2D eigenvalue weighted by molar-refractivity contribution is 5.85. The van der Waals surface area contributed by atoms with Crippen molar-refractivity contribution in [3.63, 3.8) is 0 Å². The van der Waals surface area contributed by atoms with Crippen molar-refractivity contribution >= 4 is 22.8 Å². The van der Waals surface area contributed by atoms with Gasteiger partial charge in [-0.15, -0.1) is 0 Å². The zero-order valence-electron chi connectivity index (χ0n) is 7.08. The Hall–Kier alpha value is -2.18. The van der Waals surface area contributed by atoms with E-state index in [9.17, 15) is 4.79 Å². The van der Waals surface area contributed by atoms with Gasteiger partial charge in [-0.1, -0.05) is 0 Å². The summed E-state index contributed by atoms with van der Waals surface area (Å²) < 4.78 is 1.26. The van der Waals surface area contributed by atoms with Crippen LogP contribution in [0.3, 0.4) is 0 Å². The summed E-state index contributed by atoms with van der Waals surface area (Å²) in [5.74, 6) is -0.682. The van der Waals surface area contributed by atoms with Crippen molar-refractivity contribution in [2.45, 2.75) is 6.54 Å². The van der Waals surface area contributed by atoms with Crippen molar-refractivity contribution in [3.05, 3.63) is 12.5 Å². The fourth-order valence-electron chi connectivity index (χ4n) is 1.15. The quantitative estimate of drug-likeness (QED) is 0.665. The number of hydrogen-bond donors (Lipinski definition) is 2. The maximum atomic E-state index is 10.5. The van der Waals surface area contributed by atoms with Crippen LogP contribution in [0.4, 0.5) is 5.82 Å². The normalized spacial score (nSPS) is 10.6. The molecule has 0 radical (unpaired) electrons. The number of rotatable bonds is 2. The minimum Gasteiger partial charge on any atom is -0.480 e. The monoisotopic (exact) mass is 193 g/mol. The number of carboxylic acid groups (broad SMARTS) is 1. The SMILES string of the molecule is Nc1ncnc2c1cnn2CC(=O)O. The highest BCUT2D eigenvalue weighted by atomic mass is 16.4. The molecule has 72 valence electrons. The first kappa shape index (κ1) is 8.42. The van der Waals surface area contributed by atoms with Gasteiger partial charge in [-0.2, -0.15) is 5.10 Å². The zero-order chi connectivity index (χ0) is 10.1. The Balaban J connectivity index is 2.58. The molecule has 0 aromatic carbocycles. The predicted molar refractivity (Wildman–Crippen MR) is 47.4 cm³/mol. The van der Waals surface area contributed by atoms with Crippen LogP contribution in [0.25, 0.3) is 11.0 Å². The Morgan fingerprint density at radius 2 is 2.36 bits per heavy atom. The van der Waals surface area contributed by atoms with E-state index in [2.05, 4.69) is 15.1 Å². The molecule has 7 heteroatoms. The van der Waals surface area contributed by atoms with E-state index in [0.29, 0.717) is 16.9 Å². The van der Waals surface area contributed by atoms with Crippen molar-refractivity contribution in [1.82, 2.24) is 19.7 Å². The lowest BCUT2D eigenvalue weighted by Crippen LogP contribution is -2.10. The van der Waals surface area contributed by atoms with Crippen molar-refractivity contribution in [3.8, 4) is 0 Å². The Kier molecular flexibility index (Phi) is 1.77. The molecule has 0 atom stereocenters. The molecule has 0 aliphatic carbocycles. The molecule has 2 aromatic rings. The Morgan fingerprint density at radius 1 is 1.57 bits per heavy atom. The fourth-order valence-corrected chi connectivity index (χ4v) is 1.15. The summed E-state index contributed by atoms with van der Waals surface area (Å²) in [7, 11) is 0. The average molecular weight is 193 g/mol. The first-order valence-corrected chi connectivity index (χ1v) is 3.82. The summed E-state index contributed by atoms with van der Waals surface area (Å²) in [6.07, 6.45) is 2.73. The second-order valence-corrected chi connectivity index (χ2v) is 2.69. The lowest BCUT2D eigenvalue weighted by Gasteiger charge is -1.97. The van der Waals surface area contributed by atoms with E-state index in [4.69, 9.17) is 10.8 Å². The predicted octanol–water partition coefficient (Wildman–Crippen LogP) is -0.507. The summed E-state index contributed by atoms with van der Waals surface area (Å²) in [5.41, 5.74) is 5.98. The van der Waals surface area contributed by atoms with Crippen LogP contribution in [0.2, 0.25) is 0 Å². The number of nitrogens with zero attached hydrogens (tertiary/aromatic N) is 4. The summed E-state index contributed by atoms with van der Waals surface area (Å²) >= 11 is 0. The molecule has 0 spiro atoms. The number of fused-ring (bicyclic) bond motifs is 1. The van der Waals surface area contributed by atoms with Gasteiger partial charge in [-0.3, -0.25) is 4.79 Å². The van der Waals surface area contributed by atoms with Crippen molar-refractivity contribution in [1.29, 1.82) is 0 Å². The Morgan fingerprint density at radius 3 is 3.07 bits per heavy atom. The zero-order valence-corrected chi connectivity index (χ0v) is 7.08. The van der Waals surface area contributed by atoms with Gasteiger partial charge < -0.3 is 10.8 Å². The molecular formula is C7H7N5O2. The van der Waals surface area contributed by atoms with E-state index in [1.54, 1.807) is 0 Å². The van der Waals surface area contributed by atoms with Crippen LogP contribution in [0, 0.1) is 0 Å². The minimum atomic E-state index is -0.979. The molecule has 0 bridgehead atoms. The summed E-state index contributed by atoms with van der Waals surface area (Å²) in [4.78, 5) is 18.1. The second kappa shape index (κ2) is 2.95. The third-order valence-corrected chi connectivity index (χ3v) is 1.75. The van der Waals surface area contributed by atoms with Crippen LogP contribution < -0.4 is 5.73 Å². The van der Waals surface area contributed by atoms with Crippen LogP contribution in [0.5, 0.6) is 0 Å². The highest BCUT2D eigenvalue weighted by Gasteiger charge is 2.09. The number of nitrogen functional groups attached to an aromatic ring is 1. The number of hydrogen-bond acceptors (Lipinski definition) is 5. The van der Waals surface area contributed by atoms with E-state index in [0.717, 1.165) is 0 Å². The molecule has 2 rings (SSSR count). The molecule has 2 aromatic heterocycles. The number of carboxylic acids is 1. The molecule has 0 aliphatic heterocycles. The summed E-state index contributed by atoms with van der Waals surface area (Å²) in [6.45, 7) is -0.236. The minimum absolute atomic E-state index is 0.236. The smallest absolute Gasteiger partial charge is 0.325 e. The molecular weight excluding hydrogens is 186 g/mol. The van der Waals surface area contributed by atoms with Crippen LogP contribution >= 0.6 is 0 Å². The number of aromatic nitrogens is 4. The third kappa shape index (κ3) is 1.24. The van der Waals surface area contributed by atoms with Gasteiger partial charge in [0, 0.05) is 0 Å². The van der Waals surface area contributed by atoms with Gasteiger partial charge in [0.2, 0.25) is 0 Å². The van der Waals surface area contributed by atoms with Crippen molar-refractivity contribution in [2.75, 3.05) is 5.73 Å². The standard InChI is InChI=1S/C7H7N5O2/c8-6-4-1-11-12(2-5(13)14)7(4)10-3-9-6/h1,3H,2H2,(H,13,14)(H2,8,9,10). The van der Waals surface area contributed by atoms with Crippen LogP contribution in [0.15, 0.2) is 12.5 Å². The largest absolute Gasteiger partial charge is 0.480 e. The van der Waals surface area contributed by atoms with Crippen LogP contribution in [0.1, 0.15) is 0 Å². The molecule has 14 heavy (non-hydrogen) atoms. The first-order chi connectivity index (χ1) is 6.68. The molecule has 7 nitrogen and oxygen atoms in total. The second-order valence-electron chi connectivity index (χ2n) is 2.69. The van der Waals surface area contributed by atoms with Crippen LogP contribution in [-0.4, -0.2) is 30.8 Å². The summed E-state index contributed by atoms with van der Waals surface area (Å²) in [6, 6.07) is 0.